The van der Waals surface area contributed by atoms with Gasteiger partial charge in [-0.25, -0.2) is 9.97 Å². The molecule has 2 aromatic carbocycles. The van der Waals surface area contributed by atoms with Gasteiger partial charge in [0.15, 0.2) is 0 Å². The molecule has 0 bridgehead atoms. The molecule has 31 heavy (non-hydrogen) atoms. The van der Waals surface area contributed by atoms with E-state index >= 15 is 0 Å². The van der Waals surface area contributed by atoms with Crippen molar-refractivity contribution < 1.29 is 4.79 Å². The van der Waals surface area contributed by atoms with Gasteiger partial charge >= 0.3 is 0 Å². The third-order valence-corrected chi connectivity index (χ3v) is 5.68. The molecule has 3 rings (SSSR count). The van der Waals surface area contributed by atoms with Crippen LogP contribution >= 0.6 is 11.6 Å². The maximum Gasteiger partial charge on any atom is 0.221 e. The zero-order valence-corrected chi connectivity index (χ0v) is 19.3. The van der Waals surface area contributed by atoms with Gasteiger partial charge in [-0.1, -0.05) is 55.8 Å². The first kappa shape index (κ1) is 23.0. The topological polar surface area (TPSA) is 58.1 Å². The minimum absolute atomic E-state index is 0.0659. The van der Waals surface area contributed by atoms with Gasteiger partial charge in [-0.05, 0) is 43.5 Å². The summed E-state index contributed by atoms with van der Waals surface area (Å²) in [7, 11) is 0. The van der Waals surface area contributed by atoms with Gasteiger partial charge in [0.2, 0.25) is 5.91 Å². The predicted molar refractivity (Wildman–Crippen MR) is 129 cm³/mol. The first-order chi connectivity index (χ1) is 15.0. The fourth-order valence-corrected chi connectivity index (χ4v) is 3.62. The molecule has 1 aromatic heterocycles. The molecule has 0 unspecified atom stereocenters. The molecule has 0 saturated carbocycles. The second kappa shape index (κ2) is 11.1. The molecule has 0 spiro atoms. The standard InChI is InChI=1S/C25H31ClN4O/c1-4-18(3)27-24(31)14-16-30(15-13-19-9-7-6-8-10-19)25-21-12-11-20(26)17-22(21)28-23(5-2)29-25/h6-12,17-18H,4-5,13-16H2,1-3H3,(H,27,31)/t18-/m1/s1. The van der Waals surface area contributed by atoms with Gasteiger partial charge in [-0.2, -0.15) is 0 Å². The molecule has 164 valence electrons. The summed E-state index contributed by atoms with van der Waals surface area (Å²) >= 11 is 6.23. The van der Waals surface area contributed by atoms with E-state index in [1.165, 1.54) is 5.56 Å². The number of nitrogens with one attached hydrogen (secondary N) is 1. The van der Waals surface area contributed by atoms with E-state index in [0.717, 1.165) is 48.4 Å². The van der Waals surface area contributed by atoms with Gasteiger partial charge in [0.1, 0.15) is 11.6 Å². The van der Waals surface area contributed by atoms with Crippen LogP contribution in [-0.4, -0.2) is 35.0 Å². The normalized spacial score (nSPS) is 12.0. The van der Waals surface area contributed by atoms with E-state index in [1.54, 1.807) is 0 Å². The van der Waals surface area contributed by atoms with Crippen LogP contribution in [0.3, 0.4) is 0 Å². The summed E-state index contributed by atoms with van der Waals surface area (Å²) in [6, 6.07) is 16.3. The summed E-state index contributed by atoms with van der Waals surface area (Å²) in [6.45, 7) is 7.50. The molecule has 0 saturated heterocycles. The van der Waals surface area contributed by atoms with Crippen molar-refractivity contribution in [1.82, 2.24) is 15.3 Å². The Hall–Kier alpha value is -2.66. The van der Waals surface area contributed by atoms with E-state index in [1.807, 2.05) is 38.1 Å². The zero-order valence-electron chi connectivity index (χ0n) is 18.6. The smallest absolute Gasteiger partial charge is 0.221 e. The van der Waals surface area contributed by atoms with Crippen molar-refractivity contribution in [2.75, 3.05) is 18.0 Å². The lowest BCUT2D eigenvalue weighted by Crippen LogP contribution is -2.36. The number of fused-ring (bicyclic) bond motifs is 1. The van der Waals surface area contributed by atoms with Gasteiger partial charge in [0.25, 0.3) is 0 Å². The number of aromatic nitrogens is 2. The largest absolute Gasteiger partial charge is 0.355 e. The predicted octanol–water partition coefficient (Wildman–Crippen LogP) is 5.20. The van der Waals surface area contributed by atoms with Gasteiger partial charge < -0.3 is 10.2 Å². The number of anilines is 1. The SMILES string of the molecule is CCc1nc(N(CCC(=O)N[C@H](C)CC)CCc2ccccc2)c2ccc(Cl)cc2n1. The number of amides is 1. The molecule has 6 heteroatoms. The van der Waals surface area contributed by atoms with Gasteiger partial charge in [-0.15, -0.1) is 0 Å². The maximum absolute atomic E-state index is 12.5. The van der Waals surface area contributed by atoms with Gasteiger partial charge in [0, 0.05) is 42.4 Å². The molecule has 1 N–H and O–H groups in total. The molecule has 0 radical (unpaired) electrons. The van der Waals surface area contributed by atoms with Crippen molar-refractivity contribution in [3.8, 4) is 0 Å². The first-order valence-electron chi connectivity index (χ1n) is 11.0. The summed E-state index contributed by atoms with van der Waals surface area (Å²) in [5.74, 6) is 1.71. The Bertz CT molecular complexity index is 1010. The van der Waals surface area contributed by atoms with Gasteiger partial charge in [0.05, 0.1) is 5.52 Å². The van der Waals surface area contributed by atoms with Crippen molar-refractivity contribution in [1.29, 1.82) is 0 Å². The van der Waals surface area contributed by atoms with Crippen LogP contribution in [0.1, 0.15) is 45.0 Å². The Kier molecular flexibility index (Phi) is 8.24. The second-order valence-electron chi connectivity index (χ2n) is 7.83. The highest BCUT2D eigenvalue weighted by Gasteiger charge is 2.17. The summed E-state index contributed by atoms with van der Waals surface area (Å²) in [4.78, 5) is 24.2. The van der Waals surface area contributed by atoms with E-state index in [9.17, 15) is 4.79 Å². The van der Waals surface area contributed by atoms with E-state index in [4.69, 9.17) is 16.6 Å². The minimum Gasteiger partial charge on any atom is -0.355 e. The number of benzene rings is 2. The lowest BCUT2D eigenvalue weighted by atomic mass is 10.1. The summed E-state index contributed by atoms with van der Waals surface area (Å²) in [5, 5.41) is 4.67. The van der Waals surface area contributed by atoms with Crippen LogP contribution in [0, 0.1) is 0 Å². The lowest BCUT2D eigenvalue weighted by Gasteiger charge is -2.26. The Labute approximate surface area is 189 Å². The van der Waals surface area contributed by atoms with Crippen molar-refractivity contribution >= 4 is 34.2 Å². The second-order valence-corrected chi connectivity index (χ2v) is 8.26. The zero-order chi connectivity index (χ0) is 22.2. The van der Waals surface area contributed by atoms with E-state index in [-0.39, 0.29) is 11.9 Å². The van der Waals surface area contributed by atoms with E-state index in [2.05, 4.69) is 46.4 Å². The Balaban J connectivity index is 1.90. The van der Waals surface area contributed by atoms with Crippen LogP contribution in [0.5, 0.6) is 0 Å². The molecule has 0 aliphatic carbocycles. The van der Waals surface area contributed by atoms with Crippen LogP contribution < -0.4 is 10.2 Å². The summed E-state index contributed by atoms with van der Waals surface area (Å²) in [5.41, 5.74) is 2.09. The third kappa shape index (κ3) is 6.41. The lowest BCUT2D eigenvalue weighted by molar-refractivity contribution is -0.121. The monoisotopic (exact) mass is 438 g/mol. The van der Waals surface area contributed by atoms with Crippen LogP contribution in [0.4, 0.5) is 5.82 Å². The minimum atomic E-state index is 0.0659. The first-order valence-corrected chi connectivity index (χ1v) is 11.4. The fraction of sp³-hybridized carbons (Fsp3) is 0.400. The number of halogens is 1. The number of aryl methyl sites for hydroxylation is 1. The number of nitrogens with zero attached hydrogens (tertiary/aromatic N) is 3. The van der Waals surface area contributed by atoms with Crippen LogP contribution in [0.25, 0.3) is 10.9 Å². The fourth-order valence-electron chi connectivity index (χ4n) is 3.45. The molecule has 0 fully saturated rings. The molecule has 1 amide bonds. The maximum atomic E-state index is 12.5. The molecule has 1 atom stereocenters. The van der Waals surface area contributed by atoms with E-state index in [0.29, 0.717) is 18.0 Å². The highest BCUT2D eigenvalue weighted by molar-refractivity contribution is 6.31. The van der Waals surface area contributed by atoms with Crippen molar-refractivity contribution in [2.24, 2.45) is 0 Å². The molecule has 1 heterocycles. The molecule has 0 aliphatic heterocycles. The number of hydrogen-bond donors (Lipinski definition) is 1. The molecule has 0 aliphatic rings. The number of hydrogen-bond acceptors (Lipinski definition) is 4. The van der Waals surface area contributed by atoms with Gasteiger partial charge in [-0.3, -0.25) is 4.79 Å². The molecular formula is C25H31ClN4O. The van der Waals surface area contributed by atoms with E-state index < -0.39 is 0 Å². The highest BCUT2D eigenvalue weighted by atomic mass is 35.5. The third-order valence-electron chi connectivity index (χ3n) is 5.44. The average Bonchev–Trinajstić information content (AvgIpc) is 2.78. The average molecular weight is 439 g/mol. The van der Waals surface area contributed by atoms with Crippen LogP contribution in [0.2, 0.25) is 5.02 Å². The quantitative estimate of drug-likeness (QED) is 0.472. The van der Waals surface area contributed by atoms with Crippen molar-refractivity contribution in [3.05, 3.63) is 64.9 Å². The van der Waals surface area contributed by atoms with Crippen LogP contribution in [-0.2, 0) is 17.6 Å². The molecule has 3 aromatic rings. The van der Waals surface area contributed by atoms with Crippen molar-refractivity contribution in [2.45, 2.75) is 52.5 Å². The number of carbonyl (C=O) groups is 1. The van der Waals surface area contributed by atoms with Crippen LogP contribution in [0.15, 0.2) is 48.5 Å². The summed E-state index contributed by atoms with van der Waals surface area (Å²) in [6.07, 6.45) is 2.94. The Morgan fingerprint density at radius 1 is 1.10 bits per heavy atom. The van der Waals surface area contributed by atoms with Crippen molar-refractivity contribution in [3.63, 3.8) is 0 Å². The Morgan fingerprint density at radius 3 is 2.58 bits per heavy atom. The Morgan fingerprint density at radius 2 is 1.87 bits per heavy atom. The molecule has 5 nitrogen and oxygen atoms in total. The molecular weight excluding hydrogens is 408 g/mol. The summed E-state index contributed by atoms with van der Waals surface area (Å²) < 4.78 is 0. The number of rotatable bonds is 10. The highest BCUT2D eigenvalue weighted by Crippen LogP contribution is 2.27. The number of carbonyl (C=O) groups excluding carboxylic acids is 1.